The summed E-state index contributed by atoms with van der Waals surface area (Å²) in [7, 11) is -3.98. The minimum Gasteiger partial charge on any atom is -0.382 e. The Hall–Kier alpha value is -2.75. The zero-order valence-corrected chi connectivity index (χ0v) is 18.1. The molecule has 10 heteroatoms. The van der Waals surface area contributed by atoms with Gasteiger partial charge in [-0.1, -0.05) is 23.7 Å². The quantitative estimate of drug-likeness (QED) is 0.413. The molecule has 4 rings (SSSR count). The van der Waals surface area contributed by atoms with E-state index in [1.807, 2.05) is 24.3 Å². The lowest BCUT2D eigenvalue weighted by Crippen LogP contribution is -2.40. The number of hydrogen-bond donors (Lipinski definition) is 2. The molecule has 31 heavy (non-hydrogen) atoms. The molecule has 1 aliphatic rings. The number of pyridine rings is 1. The maximum atomic E-state index is 12.7. The van der Waals surface area contributed by atoms with Crippen molar-refractivity contribution >= 4 is 43.9 Å². The third-order valence-electron chi connectivity index (χ3n) is 5.46. The summed E-state index contributed by atoms with van der Waals surface area (Å²) in [6, 6.07) is 12.8. The predicted octanol–water partition coefficient (Wildman–Crippen LogP) is 4.50. The smallest absolute Gasteiger partial charge is 0.289 e. The summed E-state index contributed by atoms with van der Waals surface area (Å²) in [5.41, 5.74) is 1.35. The zero-order valence-electron chi connectivity index (χ0n) is 16.5. The standard InChI is InChI=1S/C21H21ClN4O4S/c22-14-5-10-17-18(11-12-23-19(17)13-14)24-15-6-8-16(9-7-15)25-31(29,30)21-4-2-1-3-20(21)26(27)28/h1-5,10-13,15-16,25H,6-9H2,(H,23,24)/t15-,16+. The van der Waals surface area contributed by atoms with Crippen molar-refractivity contribution in [1.82, 2.24) is 9.71 Å². The molecule has 0 atom stereocenters. The number of nitrogens with one attached hydrogen (secondary N) is 2. The van der Waals surface area contributed by atoms with Crippen LogP contribution in [0.15, 0.2) is 59.6 Å². The van der Waals surface area contributed by atoms with Crippen molar-refractivity contribution in [2.75, 3.05) is 5.32 Å². The molecule has 1 heterocycles. The number of rotatable bonds is 6. The van der Waals surface area contributed by atoms with Crippen LogP contribution >= 0.6 is 11.6 Å². The van der Waals surface area contributed by atoms with Gasteiger partial charge in [0.05, 0.1) is 10.4 Å². The summed E-state index contributed by atoms with van der Waals surface area (Å²) in [6.45, 7) is 0. The molecule has 1 fully saturated rings. The number of nitrogens with zero attached hydrogens (tertiary/aromatic N) is 2. The van der Waals surface area contributed by atoms with Gasteiger partial charge in [-0.05, 0) is 56.0 Å². The molecule has 3 aromatic rings. The Kier molecular flexibility index (Phi) is 6.08. The molecule has 0 unspecified atom stereocenters. The molecule has 1 saturated carbocycles. The molecule has 1 aromatic heterocycles. The largest absolute Gasteiger partial charge is 0.382 e. The number of halogens is 1. The highest BCUT2D eigenvalue weighted by atomic mass is 35.5. The first-order chi connectivity index (χ1) is 14.8. The van der Waals surface area contributed by atoms with Gasteiger partial charge in [-0.2, -0.15) is 0 Å². The van der Waals surface area contributed by atoms with Gasteiger partial charge >= 0.3 is 0 Å². The number of hydrogen-bond acceptors (Lipinski definition) is 6. The molecule has 0 aliphatic heterocycles. The van der Waals surface area contributed by atoms with Crippen molar-refractivity contribution < 1.29 is 13.3 Å². The van der Waals surface area contributed by atoms with Crippen molar-refractivity contribution in [2.45, 2.75) is 42.7 Å². The monoisotopic (exact) mass is 460 g/mol. The Morgan fingerprint density at radius 1 is 1.03 bits per heavy atom. The van der Waals surface area contributed by atoms with Crippen LogP contribution in [0.25, 0.3) is 10.9 Å². The number of sulfonamides is 1. The molecule has 8 nitrogen and oxygen atoms in total. The van der Waals surface area contributed by atoms with Gasteiger partial charge in [0, 0.05) is 40.4 Å². The third kappa shape index (κ3) is 4.79. The molecule has 2 aromatic carbocycles. The first-order valence-corrected chi connectivity index (χ1v) is 11.8. The fraction of sp³-hybridized carbons (Fsp3) is 0.286. The topological polar surface area (TPSA) is 114 Å². The number of anilines is 1. The molecule has 162 valence electrons. The van der Waals surface area contributed by atoms with E-state index in [1.54, 1.807) is 6.20 Å². The van der Waals surface area contributed by atoms with Crippen molar-refractivity contribution in [2.24, 2.45) is 0 Å². The van der Waals surface area contributed by atoms with Gasteiger partial charge in [0.2, 0.25) is 10.0 Å². The second-order valence-corrected chi connectivity index (χ2v) is 9.68. The Labute approximate surface area is 184 Å². The first-order valence-electron chi connectivity index (χ1n) is 9.90. The van der Waals surface area contributed by atoms with Crippen LogP contribution in [0, 0.1) is 10.1 Å². The SMILES string of the molecule is O=[N+]([O-])c1ccccc1S(=O)(=O)N[C@H]1CC[C@@H](Nc2ccnc3cc(Cl)ccc23)CC1. The number of benzene rings is 2. The number of nitro groups is 1. The van der Waals surface area contributed by atoms with Crippen molar-refractivity contribution in [3.8, 4) is 0 Å². The highest BCUT2D eigenvalue weighted by Gasteiger charge is 2.30. The lowest BCUT2D eigenvalue weighted by molar-refractivity contribution is -0.387. The van der Waals surface area contributed by atoms with Crippen molar-refractivity contribution in [3.05, 3.63) is 69.9 Å². The van der Waals surface area contributed by atoms with Crippen LogP contribution in [0.1, 0.15) is 25.7 Å². The molecule has 2 N–H and O–H groups in total. The van der Waals surface area contributed by atoms with Gasteiger partial charge in [0.15, 0.2) is 4.90 Å². The van der Waals surface area contributed by atoms with Crippen LogP contribution in [0.3, 0.4) is 0 Å². The summed E-state index contributed by atoms with van der Waals surface area (Å²) in [4.78, 5) is 14.5. The minimum atomic E-state index is -3.98. The molecule has 0 spiro atoms. The van der Waals surface area contributed by atoms with E-state index in [9.17, 15) is 18.5 Å². The van der Waals surface area contributed by atoms with E-state index in [1.165, 1.54) is 24.3 Å². The molecule has 0 radical (unpaired) electrons. The average Bonchev–Trinajstić information content (AvgIpc) is 2.75. The molecule has 1 aliphatic carbocycles. The van der Waals surface area contributed by atoms with Gasteiger partial charge in [0.25, 0.3) is 5.69 Å². The Morgan fingerprint density at radius 2 is 1.74 bits per heavy atom. The summed E-state index contributed by atoms with van der Waals surface area (Å²) in [6.07, 6.45) is 4.52. The van der Waals surface area contributed by atoms with Crippen LogP contribution < -0.4 is 10.0 Å². The van der Waals surface area contributed by atoms with Crippen LogP contribution in [0.5, 0.6) is 0 Å². The van der Waals surface area contributed by atoms with Crippen LogP contribution in [0.4, 0.5) is 11.4 Å². The average molecular weight is 461 g/mol. The maximum absolute atomic E-state index is 12.7. The molecule has 0 bridgehead atoms. The number of nitro benzene ring substituents is 1. The first kappa shape index (κ1) is 21.5. The van der Waals surface area contributed by atoms with E-state index in [2.05, 4.69) is 15.0 Å². The Morgan fingerprint density at radius 3 is 2.48 bits per heavy atom. The van der Waals surface area contributed by atoms with E-state index < -0.39 is 20.6 Å². The lowest BCUT2D eigenvalue weighted by Gasteiger charge is -2.30. The van der Waals surface area contributed by atoms with Gasteiger partial charge < -0.3 is 5.32 Å². The molecular weight excluding hydrogens is 440 g/mol. The Balaban J connectivity index is 1.41. The van der Waals surface area contributed by atoms with E-state index in [0.29, 0.717) is 17.9 Å². The summed E-state index contributed by atoms with van der Waals surface area (Å²) >= 11 is 6.05. The van der Waals surface area contributed by atoms with E-state index in [0.717, 1.165) is 29.4 Å². The molecule has 0 saturated heterocycles. The van der Waals surface area contributed by atoms with E-state index in [-0.39, 0.29) is 17.0 Å². The van der Waals surface area contributed by atoms with Crippen molar-refractivity contribution in [3.63, 3.8) is 0 Å². The fourth-order valence-corrected chi connectivity index (χ4v) is 5.58. The molecular formula is C21H21ClN4O4S. The Bertz CT molecular complexity index is 1230. The minimum absolute atomic E-state index is 0.188. The maximum Gasteiger partial charge on any atom is 0.289 e. The van der Waals surface area contributed by atoms with Gasteiger partial charge in [0.1, 0.15) is 0 Å². The molecule has 0 amide bonds. The highest BCUT2D eigenvalue weighted by Crippen LogP contribution is 2.29. The number of fused-ring (bicyclic) bond motifs is 1. The van der Waals surface area contributed by atoms with Crippen LogP contribution in [-0.2, 0) is 10.0 Å². The van der Waals surface area contributed by atoms with Crippen LogP contribution in [-0.4, -0.2) is 30.4 Å². The number of para-hydroxylation sites is 1. The van der Waals surface area contributed by atoms with Gasteiger partial charge in [-0.15, -0.1) is 0 Å². The van der Waals surface area contributed by atoms with Crippen LogP contribution in [0.2, 0.25) is 5.02 Å². The van der Waals surface area contributed by atoms with E-state index in [4.69, 9.17) is 11.6 Å². The summed E-state index contributed by atoms with van der Waals surface area (Å²) < 4.78 is 28.1. The summed E-state index contributed by atoms with van der Waals surface area (Å²) in [5.74, 6) is 0. The number of aromatic nitrogens is 1. The normalized spacial score (nSPS) is 19.3. The second-order valence-electron chi connectivity index (χ2n) is 7.56. The van der Waals surface area contributed by atoms with Gasteiger partial charge in [-0.25, -0.2) is 13.1 Å². The lowest BCUT2D eigenvalue weighted by atomic mass is 9.91. The zero-order chi connectivity index (χ0) is 22.0. The highest BCUT2D eigenvalue weighted by molar-refractivity contribution is 7.89. The second kappa shape index (κ2) is 8.78. The predicted molar refractivity (Wildman–Crippen MR) is 120 cm³/mol. The van der Waals surface area contributed by atoms with E-state index >= 15 is 0 Å². The fourth-order valence-electron chi connectivity index (χ4n) is 3.94. The van der Waals surface area contributed by atoms with Crippen molar-refractivity contribution in [1.29, 1.82) is 0 Å². The summed E-state index contributed by atoms with van der Waals surface area (Å²) in [5, 5.41) is 16.3. The third-order valence-corrected chi connectivity index (χ3v) is 7.27. The van der Waals surface area contributed by atoms with Gasteiger partial charge in [-0.3, -0.25) is 15.1 Å².